The van der Waals surface area contributed by atoms with Gasteiger partial charge in [-0.1, -0.05) is 12.1 Å². The van der Waals surface area contributed by atoms with E-state index in [9.17, 15) is 9.18 Å². The smallest absolute Gasteiger partial charge is 0.254 e. The molecule has 0 bridgehead atoms. The summed E-state index contributed by atoms with van der Waals surface area (Å²) in [4.78, 5) is 15.9. The van der Waals surface area contributed by atoms with Gasteiger partial charge in [0.05, 0.1) is 5.56 Å². The van der Waals surface area contributed by atoms with Crippen molar-refractivity contribution in [3.05, 3.63) is 57.5 Å². The van der Waals surface area contributed by atoms with Gasteiger partial charge < -0.3 is 5.32 Å². The van der Waals surface area contributed by atoms with E-state index in [0.717, 1.165) is 13.0 Å². The zero-order chi connectivity index (χ0) is 16.4. The molecule has 1 aliphatic heterocycles. The van der Waals surface area contributed by atoms with E-state index in [0.29, 0.717) is 18.6 Å². The highest BCUT2D eigenvalue weighted by Gasteiger charge is 2.29. The van der Waals surface area contributed by atoms with Gasteiger partial charge in [0.1, 0.15) is 5.82 Å². The number of hydrogen-bond donors (Lipinski definition) is 1. The summed E-state index contributed by atoms with van der Waals surface area (Å²) >= 11 is 1.80. The second-order valence-electron chi connectivity index (χ2n) is 6.01. The average molecular weight is 332 g/mol. The lowest BCUT2D eigenvalue weighted by Gasteiger charge is -2.38. The van der Waals surface area contributed by atoms with E-state index in [4.69, 9.17) is 0 Å². The number of thiophene rings is 1. The average Bonchev–Trinajstić information content (AvgIpc) is 2.99. The lowest BCUT2D eigenvalue weighted by molar-refractivity contribution is 0.0926. The van der Waals surface area contributed by atoms with Gasteiger partial charge in [-0.3, -0.25) is 9.69 Å². The molecule has 0 fully saturated rings. The lowest BCUT2D eigenvalue weighted by atomic mass is 9.97. The second-order valence-corrected chi connectivity index (χ2v) is 6.96. The Hall–Kier alpha value is -1.72. The molecule has 122 valence electrons. The van der Waals surface area contributed by atoms with Crippen LogP contribution in [-0.2, 0) is 6.42 Å². The van der Waals surface area contributed by atoms with Crippen LogP contribution in [0.25, 0.3) is 0 Å². The fourth-order valence-corrected chi connectivity index (χ4v) is 4.32. The van der Waals surface area contributed by atoms with Crippen LogP contribution in [0.15, 0.2) is 35.7 Å². The van der Waals surface area contributed by atoms with Crippen molar-refractivity contribution in [1.29, 1.82) is 0 Å². The lowest BCUT2D eigenvalue weighted by Crippen LogP contribution is -2.44. The number of carbonyl (C=O) groups excluding carboxylic acids is 1. The van der Waals surface area contributed by atoms with Gasteiger partial charge >= 0.3 is 0 Å². The van der Waals surface area contributed by atoms with E-state index in [-0.39, 0.29) is 11.5 Å². The van der Waals surface area contributed by atoms with E-state index in [1.165, 1.54) is 22.6 Å². The first kappa shape index (κ1) is 16.1. The molecule has 3 nitrogen and oxygen atoms in total. The van der Waals surface area contributed by atoms with Gasteiger partial charge in [-0.05, 0) is 49.4 Å². The molecule has 0 saturated heterocycles. The van der Waals surface area contributed by atoms with E-state index >= 15 is 0 Å². The van der Waals surface area contributed by atoms with Crippen LogP contribution >= 0.6 is 11.3 Å². The minimum absolute atomic E-state index is 0.104. The topological polar surface area (TPSA) is 32.3 Å². The highest BCUT2D eigenvalue weighted by molar-refractivity contribution is 7.10. The Labute approximate surface area is 140 Å². The van der Waals surface area contributed by atoms with Gasteiger partial charge in [0, 0.05) is 30.1 Å². The normalized spacial score (nSPS) is 21.0. The van der Waals surface area contributed by atoms with Crippen molar-refractivity contribution < 1.29 is 9.18 Å². The van der Waals surface area contributed by atoms with E-state index in [2.05, 4.69) is 35.5 Å². The summed E-state index contributed by atoms with van der Waals surface area (Å²) in [6.07, 6.45) is 1.05. The number of hydrogen-bond acceptors (Lipinski definition) is 3. The summed E-state index contributed by atoms with van der Waals surface area (Å²) in [6.45, 7) is 5.71. The van der Waals surface area contributed by atoms with Gasteiger partial charge in [-0.2, -0.15) is 0 Å². The summed E-state index contributed by atoms with van der Waals surface area (Å²) in [7, 11) is 0. The molecule has 5 heteroatoms. The fourth-order valence-electron chi connectivity index (χ4n) is 3.30. The Balaban J connectivity index is 1.59. The second kappa shape index (κ2) is 6.81. The van der Waals surface area contributed by atoms with Crippen molar-refractivity contribution >= 4 is 17.2 Å². The number of rotatable bonds is 4. The van der Waals surface area contributed by atoms with Crippen LogP contribution in [-0.4, -0.2) is 29.9 Å². The third kappa shape index (κ3) is 3.31. The Kier molecular flexibility index (Phi) is 4.78. The molecule has 0 spiro atoms. The van der Waals surface area contributed by atoms with E-state index in [1.54, 1.807) is 23.5 Å². The Morgan fingerprint density at radius 3 is 2.91 bits per heavy atom. The molecule has 1 aromatic carbocycles. The van der Waals surface area contributed by atoms with Crippen molar-refractivity contribution in [2.24, 2.45) is 0 Å². The number of nitrogens with one attached hydrogen (secondary N) is 1. The van der Waals surface area contributed by atoms with Crippen molar-refractivity contribution in [2.45, 2.75) is 32.4 Å². The Morgan fingerprint density at radius 2 is 2.13 bits per heavy atom. The first-order valence-corrected chi connectivity index (χ1v) is 8.80. The zero-order valence-corrected chi connectivity index (χ0v) is 14.2. The SMILES string of the molecule is C[C@@H]1Cc2ccsc2[C@H](C)N1CCNC(=O)c1ccccc1F. The molecule has 2 heterocycles. The standard InChI is InChI=1S/C18H21FN2OS/c1-12-11-14-7-10-23-17(14)13(2)21(12)9-8-20-18(22)15-5-3-4-6-16(15)19/h3-7,10,12-13H,8-9,11H2,1-2H3,(H,20,22)/t12-,13+/m1/s1. The molecule has 0 radical (unpaired) electrons. The molecular weight excluding hydrogens is 311 g/mol. The third-order valence-electron chi connectivity index (χ3n) is 4.51. The minimum atomic E-state index is -0.479. The Morgan fingerprint density at radius 1 is 1.35 bits per heavy atom. The third-order valence-corrected chi connectivity index (χ3v) is 5.64. The van der Waals surface area contributed by atoms with Crippen molar-refractivity contribution in [1.82, 2.24) is 10.2 Å². The molecule has 1 amide bonds. The maximum Gasteiger partial charge on any atom is 0.254 e. The zero-order valence-electron chi connectivity index (χ0n) is 13.4. The molecule has 1 N–H and O–H groups in total. The highest BCUT2D eigenvalue weighted by atomic mass is 32.1. The largest absolute Gasteiger partial charge is 0.351 e. The van der Waals surface area contributed by atoms with Crippen molar-refractivity contribution in [3.63, 3.8) is 0 Å². The van der Waals surface area contributed by atoms with Gasteiger partial charge in [-0.25, -0.2) is 4.39 Å². The number of benzene rings is 1. The predicted molar refractivity (Wildman–Crippen MR) is 91.3 cm³/mol. The summed E-state index contributed by atoms with van der Waals surface area (Å²) in [5, 5.41) is 4.98. The van der Waals surface area contributed by atoms with Crippen LogP contribution in [0.3, 0.4) is 0 Å². The van der Waals surface area contributed by atoms with Crippen molar-refractivity contribution in [2.75, 3.05) is 13.1 Å². The molecule has 23 heavy (non-hydrogen) atoms. The molecule has 1 aromatic heterocycles. The number of amides is 1. The number of nitrogens with zero attached hydrogens (tertiary/aromatic N) is 1. The van der Waals surface area contributed by atoms with Gasteiger partial charge in [0.2, 0.25) is 0 Å². The van der Waals surface area contributed by atoms with Crippen LogP contribution in [0.4, 0.5) is 4.39 Å². The van der Waals surface area contributed by atoms with E-state index in [1.807, 2.05) is 0 Å². The molecule has 1 aliphatic rings. The van der Waals surface area contributed by atoms with E-state index < -0.39 is 5.82 Å². The molecule has 0 saturated carbocycles. The quantitative estimate of drug-likeness (QED) is 0.927. The van der Waals surface area contributed by atoms with Gasteiger partial charge in [-0.15, -0.1) is 11.3 Å². The Bertz CT molecular complexity index is 700. The highest BCUT2D eigenvalue weighted by Crippen LogP contribution is 2.35. The molecule has 2 aromatic rings. The first-order valence-electron chi connectivity index (χ1n) is 7.92. The summed E-state index contributed by atoms with van der Waals surface area (Å²) in [6, 6.07) is 9.09. The van der Waals surface area contributed by atoms with Gasteiger partial charge in [0.15, 0.2) is 0 Å². The fraction of sp³-hybridized carbons (Fsp3) is 0.389. The molecule has 0 unspecified atom stereocenters. The minimum Gasteiger partial charge on any atom is -0.351 e. The van der Waals surface area contributed by atoms with Crippen LogP contribution in [0.5, 0.6) is 0 Å². The predicted octanol–water partition coefficient (Wildman–Crippen LogP) is 3.62. The van der Waals surface area contributed by atoms with Crippen molar-refractivity contribution in [3.8, 4) is 0 Å². The molecule has 3 rings (SSSR count). The maximum atomic E-state index is 13.6. The van der Waals surface area contributed by atoms with Crippen LogP contribution < -0.4 is 5.32 Å². The molecule has 0 aliphatic carbocycles. The first-order chi connectivity index (χ1) is 11.1. The number of fused-ring (bicyclic) bond motifs is 1. The monoisotopic (exact) mass is 332 g/mol. The summed E-state index contributed by atoms with van der Waals surface area (Å²) in [5.41, 5.74) is 1.55. The summed E-state index contributed by atoms with van der Waals surface area (Å²) < 4.78 is 13.6. The molecular formula is C18H21FN2OS. The maximum absolute atomic E-state index is 13.6. The summed E-state index contributed by atoms with van der Waals surface area (Å²) in [5.74, 6) is -0.829. The molecule has 2 atom stereocenters. The van der Waals surface area contributed by atoms with Gasteiger partial charge in [0.25, 0.3) is 5.91 Å². The van der Waals surface area contributed by atoms with Crippen LogP contribution in [0, 0.1) is 5.82 Å². The number of halogens is 1. The van der Waals surface area contributed by atoms with Crippen LogP contribution in [0.2, 0.25) is 0 Å². The van der Waals surface area contributed by atoms with Crippen LogP contribution in [0.1, 0.15) is 40.7 Å². The number of carbonyl (C=O) groups is 1.